The van der Waals surface area contributed by atoms with E-state index in [0.29, 0.717) is 16.1 Å². The molecule has 4 heterocycles. The summed E-state index contributed by atoms with van der Waals surface area (Å²) in [6.45, 7) is 1.68. The van der Waals surface area contributed by atoms with Crippen molar-refractivity contribution in [3.63, 3.8) is 0 Å². The number of anilines is 2. The number of carbonyl (C=O) groups is 1. The second-order valence-corrected chi connectivity index (χ2v) is 9.87. The summed E-state index contributed by atoms with van der Waals surface area (Å²) in [4.78, 5) is 30.2. The lowest BCUT2D eigenvalue weighted by Gasteiger charge is -2.23. The predicted octanol–water partition coefficient (Wildman–Crippen LogP) is 5.43. The van der Waals surface area contributed by atoms with Gasteiger partial charge in [0.1, 0.15) is 28.6 Å². The Morgan fingerprint density at radius 1 is 1.02 bits per heavy atom. The highest BCUT2D eigenvalue weighted by Gasteiger charge is 2.47. The number of hydrogen-bond acceptors (Lipinski definition) is 6. The maximum Gasteiger partial charge on any atom is 0.434 e. The Morgan fingerprint density at radius 2 is 1.75 bits per heavy atom. The molecule has 1 aliphatic rings. The van der Waals surface area contributed by atoms with Gasteiger partial charge in [0, 0.05) is 23.8 Å². The largest absolute Gasteiger partial charge is 0.434 e. The van der Waals surface area contributed by atoms with Crippen LogP contribution in [0.25, 0.3) is 17.2 Å². The van der Waals surface area contributed by atoms with E-state index in [0.717, 1.165) is 10.6 Å². The van der Waals surface area contributed by atoms with E-state index in [1.807, 2.05) is 0 Å². The van der Waals surface area contributed by atoms with Gasteiger partial charge in [-0.3, -0.25) is 4.79 Å². The van der Waals surface area contributed by atoms with Gasteiger partial charge in [-0.1, -0.05) is 41.9 Å². The number of nitrogens with zero attached hydrogens (tertiary/aromatic N) is 5. The van der Waals surface area contributed by atoms with Crippen molar-refractivity contribution in [3.8, 4) is 11.5 Å². The minimum Gasteiger partial charge on any atom is -0.383 e. The molecule has 5 aromatic rings. The van der Waals surface area contributed by atoms with Gasteiger partial charge in [-0.15, -0.1) is 0 Å². The lowest BCUT2D eigenvalue weighted by Crippen LogP contribution is -2.32. The first kappa shape index (κ1) is 25.7. The van der Waals surface area contributed by atoms with Crippen LogP contribution in [0.15, 0.2) is 60.9 Å². The number of aromatic nitrogens is 5. The molecule has 13 heteroatoms. The molecular weight excluding hydrogens is 550 g/mol. The molecule has 1 unspecified atom stereocenters. The number of amides is 1. The maximum absolute atomic E-state index is 14.4. The Labute approximate surface area is 228 Å². The van der Waals surface area contributed by atoms with Crippen molar-refractivity contribution < 1.29 is 22.4 Å². The maximum atomic E-state index is 14.4. The van der Waals surface area contributed by atoms with Crippen molar-refractivity contribution in [1.29, 1.82) is 0 Å². The standard InChI is InChI=1S/C27H18ClF4N7O/c1-26(14-6-8-15(28)9-7-14)20-21(33)36-22(37-23(20)38-25(26)40)18-11-39-12-19(27(30,31)32)35-24(39)17(34-18)10-13-4-2-3-5-16(13)29/h2-9,11-12H,10H2,1H3,(H3,33,36,37,38,40). The molecule has 6 rings (SSSR count). The molecule has 0 radical (unpaired) electrons. The average Bonchev–Trinajstić information content (AvgIpc) is 3.45. The van der Waals surface area contributed by atoms with E-state index in [1.165, 1.54) is 24.4 Å². The molecule has 2 aromatic carbocycles. The van der Waals surface area contributed by atoms with Crippen LogP contribution in [-0.2, 0) is 22.8 Å². The molecule has 0 spiro atoms. The van der Waals surface area contributed by atoms with Gasteiger partial charge in [0.05, 0.1) is 11.3 Å². The number of hydrogen-bond donors (Lipinski definition) is 2. The van der Waals surface area contributed by atoms with Crippen molar-refractivity contribution in [2.45, 2.75) is 24.9 Å². The molecule has 0 saturated carbocycles. The Kier molecular flexibility index (Phi) is 5.77. The number of nitrogens with one attached hydrogen (secondary N) is 1. The highest BCUT2D eigenvalue weighted by Crippen LogP contribution is 2.45. The van der Waals surface area contributed by atoms with Crippen LogP contribution in [0.4, 0.5) is 29.2 Å². The third-order valence-electron chi connectivity index (χ3n) is 6.89. The van der Waals surface area contributed by atoms with Crippen molar-refractivity contribution >= 4 is 34.8 Å². The number of fused-ring (bicyclic) bond motifs is 2. The third kappa shape index (κ3) is 4.11. The van der Waals surface area contributed by atoms with E-state index in [9.17, 15) is 22.4 Å². The molecule has 3 aromatic heterocycles. The molecule has 8 nitrogen and oxygen atoms in total. The first-order chi connectivity index (χ1) is 18.9. The molecule has 1 atom stereocenters. The molecule has 1 aliphatic heterocycles. The van der Waals surface area contributed by atoms with Gasteiger partial charge in [0.15, 0.2) is 17.2 Å². The number of alkyl halides is 3. The number of nitrogen functional groups attached to an aromatic ring is 1. The van der Waals surface area contributed by atoms with Crippen LogP contribution in [-0.4, -0.2) is 30.2 Å². The topological polar surface area (TPSA) is 111 Å². The van der Waals surface area contributed by atoms with Crippen molar-refractivity contribution in [2.24, 2.45) is 0 Å². The van der Waals surface area contributed by atoms with Crippen molar-refractivity contribution in [2.75, 3.05) is 11.1 Å². The zero-order valence-electron chi connectivity index (χ0n) is 20.6. The molecule has 0 fully saturated rings. The fraction of sp³-hybridized carbons (Fsp3) is 0.148. The second kappa shape index (κ2) is 8.98. The Hall–Kier alpha value is -4.58. The molecular formula is C27H18ClF4N7O. The van der Waals surface area contributed by atoms with Crippen LogP contribution in [0, 0.1) is 5.82 Å². The van der Waals surface area contributed by atoms with Gasteiger partial charge >= 0.3 is 6.18 Å². The first-order valence-electron chi connectivity index (χ1n) is 11.9. The fourth-order valence-corrected chi connectivity index (χ4v) is 4.95. The summed E-state index contributed by atoms with van der Waals surface area (Å²) in [7, 11) is 0. The van der Waals surface area contributed by atoms with E-state index in [4.69, 9.17) is 17.3 Å². The Morgan fingerprint density at radius 3 is 2.45 bits per heavy atom. The van der Waals surface area contributed by atoms with Gasteiger partial charge in [0.2, 0.25) is 5.91 Å². The van der Waals surface area contributed by atoms with Crippen LogP contribution in [0.3, 0.4) is 0 Å². The summed E-state index contributed by atoms with van der Waals surface area (Å²) in [5.41, 5.74) is 5.18. The summed E-state index contributed by atoms with van der Waals surface area (Å²) in [5, 5.41) is 3.22. The summed E-state index contributed by atoms with van der Waals surface area (Å²) in [6.07, 6.45) is -2.78. The van der Waals surface area contributed by atoms with Gasteiger partial charge in [-0.25, -0.2) is 24.3 Å². The van der Waals surface area contributed by atoms with E-state index in [-0.39, 0.29) is 46.5 Å². The molecule has 0 saturated heterocycles. The zero-order valence-corrected chi connectivity index (χ0v) is 21.3. The highest BCUT2D eigenvalue weighted by atomic mass is 35.5. The minimum absolute atomic E-state index is 0.0186. The molecule has 0 aliphatic carbocycles. The van der Waals surface area contributed by atoms with Gasteiger partial charge < -0.3 is 15.5 Å². The van der Waals surface area contributed by atoms with Crippen LogP contribution >= 0.6 is 11.6 Å². The van der Waals surface area contributed by atoms with Crippen LogP contribution < -0.4 is 11.1 Å². The van der Waals surface area contributed by atoms with E-state index in [2.05, 4.69) is 25.3 Å². The lowest BCUT2D eigenvalue weighted by atomic mass is 9.78. The number of benzene rings is 2. The number of rotatable bonds is 4. The fourth-order valence-electron chi connectivity index (χ4n) is 4.83. The van der Waals surface area contributed by atoms with Crippen LogP contribution in [0.5, 0.6) is 0 Å². The molecule has 3 N–H and O–H groups in total. The van der Waals surface area contributed by atoms with E-state index >= 15 is 0 Å². The zero-order chi connectivity index (χ0) is 28.4. The number of imidazole rings is 1. The number of carbonyl (C=O) groups excluding carboxylic acids is 1. The second-order valence-electron chi connectivity index (χ2n) is 9.44. The van der Waals surface area contributed by atoms with E-state index in [1.54, 1.807) is 37.3 Å². The van der Waals surface area contributed by atoms with Crippen molar-refractivity contribution in [3.05, 3.63) is 99.8 Å². The van der Waals surface area contributed by atoms with Gasteiger partial charge in [-0.2, -0.15) is 13.2 Å². The Bertz CT molecular complexity index is 1820. The monoisotopic (exact) mass is 567 g/mol. The van der Waals surface area contributed by atoms with Gasteiger partial charge in [0.25, 0.3) is 0 Å². The SMILES string of the molecule is CC1(c2ccc(Cl)cc2)C(=O)Nc2nc(-c3cn4cc(C(F)(F)F)nc4c(Cc4ccccc4F)n3)nc(N)c21. The highest BCUT2D eigenvalue weighted by molar-refractivity contribution is 6.30. The first-order valence-corrected chi connectivity index (χ1v) is 12.3. The van der Waals surface area contributed by atoms with E-state index < -0.39 is 29.0 Å². The van der Waals surface area contributed by atoms with Crippen LogP contribution in [0.2, 0.25) is 5.02 Å². The minimum atomic E-state index is -4.72. The van der Waals surface area contributed by atoms with Crippen molar-refractivity contribution in [1.82, 2.24) is 24.3 Å². The normalized spacial score (nSPS) is 16.8. The smallest absolute Gasteiger partial charge is 0.383 e. The number of halogens is 5. The van der Waals surface area contributed by atoms with Gasteiger partial charge in [-0.05, 0) is 36.2 Å². The third-order valence-corrected chi connectivity index (χ3v) is 7.14. The lowest BCUT2D eigenvalue weighted by molar-refractivity contribution is -0.140. The van der Waals surface area contributed by atoms with Crippen LogP contribution in [0.1, 0.15) is 35.0 Å². The number of nitrogens with two attached hydrogens (primary N) is 1. The molecule has 1 amide bonds. The summed E-state index contributed by atoms with van der Waals surface area (Å²) < 4.78 is 56.1. The summed E-state index contributed by atoms with van der Waals surface area (Å²) in [6, 6.07) is 12.6. The molecule has 202 valence electrons. The molecule has 0 bridgehead atoms. The Balaban J connectivity index is 1.50. The quantitative estimate of drug-likeness (QED) is 0.280. The average molecular weight is 568 g/mol. The summed E-state index contributed by atoms with van der Waals surface area (Å²) >= 11 is 6.01. The summed E-state index contributed by atoms with van der Waals surface area (Å²) in [5.74, 6) is -0.858. The molecule has 40 heavy (non-hydrogen) atoms. The predicted molar refractivity (Wildman–Crippen MR) is 139 cm³/mol.